The van der Waals surface area contributed by atoms with Crippen molar-refractivity contribution in [3.63, 3.8) is 0 Å². The van der Waals surface area contributed by atoms with Gasteiger partial charge in [-0.2, -0.15) is 0 Å². The second kappa shape index (κ2) is 4.23. The maximum atomic E-state index is 9.72. The second-order valence-electron chi connectivity index (χ2n) is 9.82. The Kier molecular flexibility index (Phi) is 3.14. The van der Waals surface area contributed by atoms with Crippen LogP contribution in [0.3, 0.4) is 0 Å². The van der Waals surface area contributed by atoms with E-state index < -0.39 is 0 Å². The average Bonchev–Trinajstić information content (AvgIpc) is 2.23. The number of rotatable bonds is 4. The summed E-state index contributed by atoms with van der Waals surface area (Å²) in [6.07, 6.45) is 8.99. The van der Waals surface area contributed by atoms with Crippen LogP contribution in [0.2, 0.25) is 0 Å². The van der Waals surface area contributed by atoms with Gasteiger partial charge in [-0.25, -0.2) is 4.89 Å². The summed E-state index contributed by atoms with van der Waals surface area (Å²) in [5.74, 6) is 0.853. The minimum atomic E-state index is -0.0120. The van der Waals surface area contributed by atoms with E-state index in [2.05, 4.69) is 34.6 Å². The first-order valence-electron chi connectivity index (χ1n) is 8.46. The minimum absolute atomic E-state index is 0.0120. The van der Waals surface area contributed by atoms with Gasteiger partial charge in [0.1, 0.15) is 6.10 Å². The number of hydrogen-bond acceptors (Lipinski definition) is 2. The lowest BCUT2D eigenvalue weighted by atomic mass is 9.38. The molecule has 2 nitrogen and oxygen atoms in total. The Morgan fingerprint density at radius 3 is 2.05 bits per heavy atom. The maximum Gasteiger partial charge on any atom is 0.103 e. The smallest absolute Gasteiger partial charge is 0.103 e. The summed E-state index contributed by atoms with van der Waals surface area (Å²) in [7, 11) is 0. The number of hydrogen-bond donors (Lipinski definition) is 1. The van der Waals surface area contributed by atoms with Crippen LogP contribution in [0.1, 0.15) is 79.6 Å². The highest BCUT2D eigenvalue weighted by atomic mass is 17.1. The van der Waals surface area contributed by atoms with E-state index in [1.165, 1.54) is 38.5 Å². The zero-order valence-electron chi connectivity index (χ0n) is 14.0. The van der Waals surface area contributed by atoms with Gasteiger partial charge < -0.3 is 0 Å². The van der Waals surface area contributed by atoms with E-state index in [1.807, 2.05) is 0 Å². The van der Waals surface area contributed by atoms with Crippen LogP contribution < -0.4 is 0 Å². The highest BCUT2D eigenvalue weighted by molar-refractivity contribution is 5.13. The first-order valence-corrected chi connectivity index (χ1v) is 8.46. The van der Waals surface area contributed by atoms with Gasteiger partial charge in [0, 0.05) is 5.41 Å². The summed E-state index contributed by atoms with van der Waals surface area (Å²) in [6, 6.07) is 0. The fourth-order valence-electron chi connectivity index (χ4n) is 7.10. The van der Waals surface area contributed by atoms with Gasteiger partial charge in [-0.05, 0) is 67.1 Å². The molecule has 1 N–H and O–H groups in total. The van der Waals surface area contributed by atoms with E-state index in [4.69, 9.17) is 4.89 Å². The molecule has 0 heterocycles. The molecule has 0 aromatic carbocycles. The van der Waals surface area contributed by atoms with E-state index in [0.29, 0.717) is 10.8 Å². The standard InChI is InChI=1S/C18H32O2/c1-6-15(2,3)14(20-19)18-9-13-7-16(4,11-18)10-17(5,8-13)12-18/h13-14,19H,6-12H2,1-5H3. The van der Waals surface area contributed by atoms with Crippen molar-refractivity contribution in [2.45, 2.75) is 85.7 Å². The van der Waals surface area contributed by atoms with Crippen molar-refractivity contribution in [3.05, 3.63) is 0 Å². The normalized spacial score (nSPS) is 48.6. The third-order valence-corrected chi connectivity index (χ3v) is 6.95. The summed E-state index contributed by atoms with van der Waals surface area (Å²) in [6.45, 7) is 11.7. The summed E-state index contributed by atoms with van der Waals surface area (Å²) in [4.78, 5) is 5.18. The van der Waals surface area contributed by atoms with Crippen LogP contribution in [-0.2, 0) is 4.89 Å². The summed E-state index contributed by atoms with van der Waals surface area (Å²) >= 11 is 0. The van der Waals surface area contributed by atoms with Crippen LogP contribution in [0.4, 0.5) is 0 Å². The first kappa shape index (κ1) is 14.8. The van der Waals surface area contributed by atoms with Crippen LogP contribution in [-0.4, -0.2) is 11.4 Å². The zero-order chi connectivity index (χ0) is 14.8. The fourth-order valence-corrected chi connectivity index (χ4v) is 7.10. The molecule has 0 saturated heterocycles. The molecule has 3 unspecified atom stereocenters. The predicted octanol–water partition coefficient (Wildman–Crippen LogP) is 5.28. The average molecular weight is 280 g/mol. The Labute approximate surface area is 124 Å². The third-order valence-electron chi connectivity index (χ3n) is 6.95. The van der Waals surface area contributed by atoms with Gasteiger partial charge in [-0.15, -0.1) is 0 Å². The van der Waals surface area contributed by atoms with Crippen molar-refractivity contribution in [2.75, 3.05) is 0 Å². The van der Waals surface area contributed by atoms with Gasteiger partial charge in [0.05, 0.1) is 0 Å². The lowest BCUT2D eigenvalue weighted by Gasteiger charge is -2.67. The third kappa shape index (κ3) is 2.06. The molecule has 0 radical (unpaired) electrons. The van der Waals surface area contributed by atoms with Gasteiger partial charge in [-0.1, -0.05) is 34.6 Å². The van der Waals surface area contributed by atoms with Crippen molar-refractivity contribution in [1.82, 2.24) is 0 Å². The van der Waals surface area contributed by atoms with Crippen LogP contribution in [0.25, 0.3) is 0 Å². The second-order valence-corrected chi connectivity index (χ2v) is 9.82. The Hall–Kier alpha value is -0.0800. The Bertz CT molecular complexity index is 382. The van der Waals surface area contributed by atoms with Crippen molar-refractivity contribution in [2.24, 2.45) is 27.6 Å². The summed E-state index contributed by atoms with van der Waals surface area (Å²) in [5.41, 5.74) is 1.22. The zero-order valence-corrected chi connectivity index (χ0v) is 14.0. The Balaban J connectivity index is 1.99. The van der Waals surface area contributed by atoms with E-state index >= 15 is 0 Å². The van der Waals surface area contributed by atoms with Gasteiger partial charge in [0.2, 0.25) is 0 Å². The molecule has 0 spiro atoms. The first-order chi connectivity index (χ1) is 9.16. The van der Waals surface area contributed by atoms with Gasteiger partial charge in [0.25, 0.3) is 0 Å². The SMILES string of the molecule is CCC(C)(C)C(OO)C12CC3CC(C)(CC(C)(C3)C1)C2. The van der Waals surface area contributed by atoms with E-state index in [9.17, 15) is 5.26 Å². The summed E-state index contributed by atoms with van der Waals surface area (Å²) in [5, 5.41) is 9.72. The van der Waals surface area contributed by atoms with Crippen molar-refractivity contribution >= 4 is 0 Å². The van der Waals surface area contributed by atoms with Crippen molar-refractivity contribution in [3.8, 4) is 0 Å². The molecule has 2 heteroatoms. The molecule has 0 amide bonds. The molecule has 20 heavy (non-hydrogen) atoms. The highest BCUT2D eigenvalue weighted by Crippen LogP contribution is 2.71. The molecule has 3 atom stereocenters. The Morgan fingerprint density at radius 1 is 1.10 bits per heavy atom. The van der Waals surface area contributed by atoms with E-state index in [1.54, 1.807) is 0 Å². The molecule has 4 saturated carbocycles. The summed E-state index contributed by atoms with van der Waals surface area (Å²) < 4.78 is 0. The molecule has 4 rings (SSSR count). The topological polar surface area (TPSA) is 29.5 Å². The van der Waals surface area contributed by atoms with Gasteiger partial charge in [0.15, 0.2) is 0 Å². The molecule has 4 fully saturated rings. The van der Waals surface area contributed by atoms with E-state index in [0.717, 1.165) is 12.3 Å². The molecule has 0 aromatic heterocycles. The Morgan fingerprint density at radius 2 is 1.65 bits per heavy atom. The van der Waals surface area contributed by atoms with Crippen LogP contribution in [0, 0.1) is 27.6 Å². The van der Waals surface area contributed by atoms with Gasteiger partial charge in [-0.3, -0.25) is 5.26 Å². The quantitative estimate of drug-likeness (QED) is 0.561. The molecule has 116 valence electrons. The lowest BCUT2D eigenvalue weighted by Crippen LogP contribution is -2.61. The van der Waals surface area contributed by atoms with Crippen LogP contribution in [0.15, 0.2) is 0 Å². The van der Waals surface area contributed by atoms with Crippen molar-refractivity contribution < 1.29 is 10.1 Å². The largest absolute Gasteiger partial charge is 0.251 e. The van der Waals surface area contributed by atoms with E-state index in [-0.39, 0.29) is 16.9 Å². The lowest BCUT2D eigenvalue weighted by molar-refractivity contribution is -0.352. The molecule has 0 aliphatic heterocycles. The molecule has 4 bridgehead atoms. The molecular formula is C18H32O2. The monoisotopic (exact) mass is 280 g/mol. The van der Waals surface area contributed by atoms with Crippen LogP contribution in [0.5, 0.6) is 0 Å². The van der Waals surface area contributed by atoms with Crippen molar-refractivity contribution in [1.29, 1.82) is 0 Å². The molecule has 4 aliphatic rings. The fraction of sp³-hybridized carbons (Fsp3) is 1.00. The maximum absolute atomic E-state index is 9.72. The minimum Gasteiger partial charge on any atom is -0.251 e. The van der Waals surface area contributed by atoms with Gasteiger partial charge >= 0.3 is 0 Å². The molecule has 4 aliphatic carbocycles. The molecular weight excluding hydrogens is 248 g/mol. The van der Waals surface area contributed by atoms with Crippen LogP contribution >= 0.6 is 0 Å². The molecule has 0 aromatic rings. The highest BCUT2D eigenvalue weighted by Gasteiger charge is 2.64. The predicted molar refractivity (Wildman–Crippen MR) is 81.4 cm³/mol.